The van der Waals surface area contributed by atoms with Crippen LogP contribution in [0.15, 0.2) is 24.3 Å². The molecule has 0 radical (unpaired) electrons. The second-order valence-corrected chi connectivity index (χ2v) is 4.94. The number of aromatic nitrogens is 1. The van der Waals surface area contributed by atoms with Gasteiger partial charge in [0.1, 0.15) is 23.2 Å². The molecule has 1 aromatic heterocycles. The lowest BCUT2D eigenvalue weighted by molar-refractivity contribution is 0.317. The number of nitrogens with zero attached hydrogens (tertiary/aromatic N) is 2. The molecule has 4 heteroatoms. The van der Waals surface area contributed by atoms with Crippen molar-refractivity contribution in [2.45, 2.75) is 27.2 Å². The van der Waals surface area contributed by atoms with E-state index < -0.39 is 0 Å². The topological polar surface area (TPSA) is 71.9 Å². The summed E-state index contributed by atoms with van der Waals surface area (Å²) in [6.45, 7) is 6.62. The number of hydrogen-bond donors (Lipinski definition) is 1. The summed E-state index contributed by atoms with van der Waals surface area (Å²) in [7, 11) is 0. The quantitative estimate of drug-likeness (QED) is 0.929. The highest BCUT2D eigenvalue weighted by atomic mass is 16.5. The van der Waals surface area contributed by atoms with E-state index in [9.17, 15) is 5.26 Å². The summed E-state index contributed by atoms with van der Waals surface area (Å²) in [5.74, 6) is 1.11. The van der Waals surface area contributed by atoms with Gasteiger partial charge < -0.3 is 10.5 Å². The Morgan fingerprint density at radius 2 is 1.90 bits per heavy atom. The van der Waals surface area contributed by atoms with Crippen LogP contribution in [0.3, 0.4) is 0 Å². The van der Waals surface area contributed by atoms with Crippen molar-refractivity contribution in [2.75, 3.05) is 12.3 Å². The molecule has 0 unspecified atom stereocenters. The molecule has 0 spiro atoms. The molecule has 0 aliphatic heterocycles. The van der Waals surface area contributed by atoms with E-state index in [1.807, 2.05) is 38.1 Å². The lowest BCUT2D eigenvalue weighted by Gasteiger charge is -2.13. The van der Waals surface area contributed by atoms with Crippen LogP contribution in [0.5, 0.6) is 5.75 Å². The zero-order chi connectivity index (χ0) is 15.4. The summed E-state index contributed by atoms with van der Waals surface area (Å²) in [6, 6.07) is 9.89. The van der Waals surface area contributed by atoms with Crippen LogP contribution >= 0.6 is 0 Å². The summed E-state index contributed by atoms with van der Waals surface area (Å²) in [5.41, 5.74) is 9.92. The number of nitrogen functional groups attached to an aromatic ring is 1. The Morgan fingerprint density at radius 3 is 2.48 bits per heavy atom. The first-order valence-electron chi connectivity index (χ1n) is 6.98. The van der Waals surface area contributed by atoms with Gasteiger partial charge in [0.15, 0.2) is 0 Å². The molecule has 0 fully saturated rings. The molecule has 0 bridgehead atoms. The first-order chi connectivity index (χ1) is 10.1. The Hall–Kier alpha value is -2.54. The maximum Gasteiger partial charge on any atom is 0.142 e. The molecule has 0 aliphatic rings. The number of aryl methyl sites for hydroxylation is 1. The van der Waals surface area contributed by atoms with Gasteiger partial charge in [0, 0.05) is 11.3 Å². The Labute approximate surface area is 125 Å². The molecule has 1 aromatic carbocycles. The molecule has 4 nitrogen and oxygen atoms in total. The number of rotatable bonds is 4. The highest BCUT2D eigenvalue weighted by molar-refractivity contribution is 5.79. The molecule has 0 saturated heterocycles. The maximum atomic E-state index is 9.35. The Bertz CT molecular complexity index is 685. The van der Waals surface area contributed by atoms with Gasteiger partial charge in [-0.25, -0.2) is 4.98 Å². The number of nitrogens with two attached hydrogens (primary N) is 1. The lowest BCUT2D eigenvalue weighted by Crippen LogP contribution is -2.03. The number of nitriles is 1. The summed E-state index contributed by atoms with van der Waals surface area (Å²) in [6.07, 6.45) is 0.972. The van der Waals surface area contributed by atoms with Crippen molar-refractivity contribution >= 4 is 5.82 Å². The van der Waals surface area contributed by atoms with Gasteiger partial charge in [0.05, 0.1) is 6.61 Å². The molecule has 2 N–H and O–H groups in total. The third-order valence-electron chi connectivity index (χ3n) is 3.44. The van der Waals surface area contributed by atoms with Crippen LogP contribution in [0.25, 0.3) is 11.1 Å². The minimum absolute atomic E-state index is 0.280. The van der Waals surface area contributed by atoms with Gasteiger partial charge in [0.25, 0.3) is 0 Å². The van der Waals surface area contributed by atoms with Crippen molar-refractivity contribution in [3.8, 4) is 22.9 Å². The van der Waals surface area contributed by atoms with E-state index >= 15 is 0 Å². The predicted molar refractivity (Wildman–Crippen MR) is 84.1 cm³/mol. The molecule has 2 rings (SSSR count). The van der Waals surface area contributed by atoms with Gasteiger partial charge in [-0.15, -0.1) is 0 Å². The zero-order valence-corrected chi connectivity index (χ0v) is 12.6. The fourth-order valence-electron chi connectivity index (χ4n) is 2.23. The Kier molecular flexibility index (Phi) is 4.44. The van der Waals surface area contributed by atoms with Crippen LogP contribution in [0.2, 0.25) is 0 Å². The van der Waals surface area contributed by atoms with Gasteiger partial charge >= 0.3 is 0 Å². The van der Waals surface area contributed by atoms with Crippen molar-refractivity contribution < 1.29 is 4.74 Å². The molecule has 2 aromatic rings. The van der Waals surface area contributed by atoms with Crippen LogP contribution in [0.1, 0.15) is 30.2 Å². The number of pyridine rings is 1. The van der Waals surface area contributed by atoms with E-state index in [-0.39, 0.29) is 5.82 Å². The fourth-order valence-corrected chi connectivity index (χ4v) is 2.23. The normalized spacial score (nSPS) is 10.2. The molecule has 0 atom stereocenters. The van der Waals surface area contributed by atoms with Crippen molar-refractivity contribution in [3.05, 3.63) is 41.1 Å². The van der Waals surface area contributed by atoms with Crippen LogP contribution in [0.4, 0.5) is 5.82 Å². The van der Waals surface area contributed by atoms with Crippen molar-refractivity contribution in [2.24, 2.45) is 0 Å². The van der Waals surface area contributed by atoms with E-state index in [2.05, 4.69) is 18.0 Å². The van der Waals surface area contributed by atoms with Crippen LogP contribution in [-0.4, -0.2) is 11.6 Å². The van der Waals surface area contributed by atoms with Gasteiger partial charge in [-0.1, -0.05) is 19.1 Å². The summed E-state index contributed by atoms with van der Waals surface area (Å²) >= 11 is 0. The fraction of sp³-hybridized carbons (Fsp3) is 0.294. The molecule has 108 valence electrons. The minimum Gasteiger partial charge on any atom is -0.494 e. The monoisotopic (exact) mass is 281 g/mol. The summed E-state index contributed by atoms with van der Waals surface area (Å²) < 4.78 is 5.58. The van der Waals surface area contributed by atoms with Crippen molar-refractivity contribution in [1.82, 2.24) is 4.98 Å². The molecule has 0 saturated carbocycles. The largest absolute Gasteiger partial charge is 0.494 e. The van der Waals surface area contributed by atoms with E-state index in [1.165, 1.54) is 0 Å². The lowest BCUT2D eigenvalue weighted by atomic mass is 9.95. The second kappa shape index (κ2) is 6.27. The van der Waals surface area contributed by atoms with Gasteiger partial charge in [-0.05, 0) is 43.5 Å². The van der Waals surface area contributed by atoms with Gasteiger partial charge in [-0.3, -0.25) is 0 Å². The Balaban J connectivity index is 2.49. The zero-order valence-electron chi connectivity index (χ0n) is 12.6. The molecular weight excluding hydrogens is 262 g/mol. The summed E-state index contributed by atoms with van der Waals surface area (Å²) in [4.78, 5) is 4.22. The standard InChI is InChI=1S/C17H19N3O/c1-4-9-21-14-7-5-13(6-8-14)16-11(2)12(3)20-17(19)15(16)10-18/h5-8H,4,9H2,1-3H3,(H2,19,20). The molecule has 21 heavy (non-hydrogen) atoms. The highest BCUT2D eigenvalue weighted by Gasteiger charge is 2.15. The number of ether oxygens (including phenoxy) is 1. The minimum atomic E-state index is 0.280. The van der Waals surface area contributed by atoms with E-state index in [1.54, 1.807) is 0 Å². The molecule has 1 heterocycles. The van der Waals surface area contributed by atoms with Crippen LogP contribution in [0, 0.1) is 25.2 Å². The molecule has 0 aliphatic carbocycles. The smallest absolute Gasteiger partial charge is 0.142 e. The predicted octanol–water partition coefficient (Wildman–Crippen LogP) is 3.61. The van der Waals surface area contributed by atoms with Crippen LogP contribution < -0.4 is 10.5 Å². The SMILES string of the molecule is CCCOc1ccc(-c2c(C)c(C)nc(N)c2C#N)cc1. The third-order valence-corrected chi connectivity index (χ3v) is 3.44. The second-order valence-electron chi connectivity index (χ2n) is 4.94. The summed E-state index contributed by atoms with van der Waals surface area (Å²) in [5, 5.41) is 9.35. The average Bonchev–Trinajstić information content (AvgIpc) is 2.49. The Morgan fingerprint density at radius 1 is 1.24 bits per heavy atom. The molecule has 0 amide bonds. The highest BCUT2D eigenvalue weighted by Crippen LogP contribution is 2.32. The first kappa shape index (κ1) is 14.9. The maximum absolute atomic E-state index is 9.35. The first-order valence-corrected chi connectivity index (χ1v) is 6.98. The average molecular weight is 281 g/mol. The van der Waals surface area contributed by atoms with Gasteiger partial charge in [-0.2, -0.15) is 5.26 Å². The number of anilines is 1. The van der Waals surface area contributed by atoms with Crippen LogP contribution in [-0.2, 0) is 0 Å². The third kappa shape index (κ3) is 2.97. The number of benzene rings is 1. The van der Waals surface area contributed by atoms with E-state index in [0.717, 1.165) is 34.6 Å². The molecular formula is C17H19N3O. The van der Waals surface area contributed by atoms with Crippen molar-refractivity contribution in [1.29, 1.82) is 5.26 Å². The number of hydrogen-bond acceptors (Lipinski definition) is 4. The van der Waals surface area contributed by atoms with E-state index in [0.29, 0.717) is 12.2 Å². The van der Waals surface area contributed by atoms with Gasteiger partial charge in [0.2, 0.25) is 0 Å². The van der Waals surface area contributed by atoms with Crippen molar-refractivity contribution in [3.63, 3.8) is 0 Å². The van der Waals surface area contributed by atoms with E-state index in [4.69, 9.17) is 10.5 Å².